The highest BCUT2D eigenvalue weighted by Gasteiger charge is 2.40. The fourth-order valence-corrected chi connectivity index (χ4v) is 2.64. The zero-order valence-electron chi connectivity index (χ0n) is 9.95. The molecule has 1 aliphatic carbocycles. The second-order valence-corrected chi connectivity index (χ2v) is 4.73. The van der Waals surface area contributed by atoms with E-state index in [9.17, 15) is 4.79 Å². The summed E-state index contributed by atoms with van der Waals surface area (Å²) in [5.74, 6) is 0.601. The summed E-state index contributed by atoms with van der Waals surface area (Å²) in [6.45, 7) is 2.28. The minimum Gasteiger partial charge on any atom is -0.463 e. The summed E-state index contributed by atoms with van der Waals surface area (Å²) < 4.78 is 4.85. The van der Waals surface area contributed by atoms with Gasteiger partial charge in [-0.2, -0.15) is 0 Å². The van der Waals surface area contributed by atoms with Gasteiger partial charge in [0.2, 0.25) is 0 Å². The summed E-state index contributed by atoms with van der Waals surface area (Å²) in [4.78, 5) is 11.1. The molecule has 0 unspecified atom stereocenters. The molecule has 0 aromatic carbocycles. The Hall–Kier alpha value is -0.830. The van der Waals surface area contributed by atoms with Crippen molar-refractivity contribution in [1.29, 1.82) is 0 Å². The zero-order valence-corrected chi connectivity index (χ0v) is 9.95. The average molecular weight is 223 g/mol. The van der Waals surface area contributed by atoms with Crippen molar-refractivity contribution in [2.45, 2.75) is 51.1 Å². The smallest absolute Gasteiger partial charge is 0.330 e. The molecule has 1 saturated heterocycles. The highest BCUT2D eigenvalue weighted by molar-refractivity contribution is 5.82. The summed E-state index contributed by atoms with van der Waals surface area (Å²) in [6.07, 6.45) is 10.4. The minimum atomic E-state index is -0.224. The van der Waals surface area contributed by atoms with E-state index in [1.54, 1.807) is 6.08 Å². The second kappa shape index (κ2) is 5.48. The molecule has 0 spiro atoms. The Kier molecular flexibility index (Phi) is 3.99. The van der Waals surface area contributed by atoms with E-state index in [-0.39, 0.29) is 5.97 Å². The molecular formula is C13H21NO2. The fraction of sp³-hybridized carbons (Fsp3) is 0.769. The number of rotatable bonds is 4. The molecule has 16 heavy (non-hydrogen) atoms. The van der Waals surface area contributed by atoms with E-state index >= 15 is 0 Å². The summed E-state index contributed by atoms with van der Waals surface area (Å²) in [7, 11) is 0. The van der Waals surface area contributed by atoms with E-state index in [2.05, 4.69) is 5.32 Å². The minimum absolute atomic E-state index is 0.224. The Morgan fingerprint density at radius 1 is 1.38 bits per heavy atom. The SMILES string of the molecule is CCOC(=O)/C=C/[C@H]1N[C@@H]1C1CCCCC1. The molecule has 1 saturated carbocycles. The van der Waals surface area contributed by atoms with Crippen molar-refractivity contribution in [2.75, 3.05) is 6.61 Å². The van der Waals surface area contributed by atoms with Gasteiger partial charge in [-0.25, -0.2) is 4.79 Å². The molecule has 1 aliphatic heterocycles. The predicted octanol–water partition coefficient (Wildman–Crippen LogP) is 2.03. The first-order valence-electron chi connectivity index (χ1n) is 6.42. The van der Waals surface area contributed by atoms with Crippen molar-refractivity contribution in [3.8, 4) is 0 Å². The molecule has 3 nitrogen and oxygen atoms in total. The van der Waals surface area contributed by atoms with Crippen LogP contribution in [0.2, 0.25) is 0 Å². The van der Waals surface area contributed by atoms with Crippen molar-refractivity contribution < 1.29 is 9.53 Å². The molecule has 0 radical (unpaired) electrons. The molecule has 2 aliphatic rings. The number of ether oxygens (including phenoxy) is 1. The number of hydrogen-bond acceptors (Lipinski definition) is 3. The van der Waals surface area contributed by atoms with Crippen LogP contribution in [0.5, 0.6) is 0 Å². The van der Waals surface area contributed by atoms with Crippen LogP contribution in [0.1, 0.15) is 39.0 Å². The van der Waals surface area contributed by atoms with Crippen LogP contribution >= 0.6 is 0 Å². The standard InChI is InChI=1S/C13H21NO2/c1-2-16-12(15)9-8-11-13(14-11)10-6-4-3-5-7-10/h8-11,13-14H,2-7H2,1H3/b9-8+/t11-,13-/m1/s1. The van der Waals surface area contributed by atoms with E-state index in [0.717, 1.165) is 5.92 Å². The lowest BCUT2D eigenvalue weighted by molar-refractivity contribution is -0.137. The number of carbonyl (C=O) groups excluding carboxylic acids is 1. The lowest BCUT2D eigenvalue weighted by Gasteiger charge is -2.20. The molecule has 0 aromatic heterocycles. The molecular weight excluding hydrogens is 202 g/mol. The number of carbonyl (C=O) groups is 1. The summed E-state index contributed by atoms with van der Waals surface area (Å²) in [5.41, 5.74) is 0. The average Bonchev–Trinajstić information content (AvgIpc) is 3.07. The summed E-state index contributed by atoms with van der Waals surface area (Å²) in [6, 6.07) is 1.03. The monoisotopic (exact) mass is 223 g/mol. The first-order valence-corrected chi connectivity index (χ1v) is 6.42. The lowest BCUT2D eigenvalue weighted by atomic mass is 9.86. The van der Waals surface area contributed by atoms with Crippen molar-refractivity contribution in [1.82, 2.24) is 5.32 Å². The van der Waals surface area contributed by atoms with E-state index < -0.39 is 0 Å². The van der Waals surface area contributed by atoms with Gasteiger partial charge in [0.05, 0.1) is 6.61 Å². The Balaban J connectivity index is 1.71. The van der Waals surface area contributed by atoms with Gasteiger partial charge in [0, 0.05) is 18.2 Å². The normalized spacial score (nSPS) is 30.6. The number of hydrogen-bond donors (Lipinski definition) is 1. The van der Waals surface area contributed by atoms with Crippen LogP contribution in [0.3, 0.4) is 0 Å². The molecule has 0 amide bonds. The van der Waals surface area contributed by atoms with Crippen LogP contribution in [0, 0.1) is 5.92 Å². The van der Waals surface area contributed by atoms with Crippen molar-refractivity contribution in [3.63, 3.8) is 0 Å². The third-order valence-corrected chi connectivity index (χ3v) is 3.55. The van der Waals surface area contributed by atoms with Gasteiger partial charge in [-0.1, -0.05) is 25.3 Å². The second-order valence-electron chi connectivity index (χ2n) is 4.73. The molecule has 2 atom stereocenters. The van der Waals surface area contributed by atoms with E-state index in [1.807, 2.05) is 13.0 Å². The summed E-state index contributed by atoms with van der Waals surface area (Å²) >= 11 is 0. The van der Waals surface area contributed by atoms with E-state index in [4.69, 9.17) is 4.74 Å². The molecule has 2 rings (SSSR count). The first kappa shape index (κ1) is 11.6. The summed E-state index contributed by atoms with van der Waals surface area (Å²) in [5, 5.41) is 3.44. The van der Waals surface area contributed by atoms with Crippen LogP contribution in [0.4, 0.5) is 0 Å². The lowest BCUT2D eigenvalue weighted by Crippen LogP contribution is -2.15. The maximum absolute atomic E-state index is 11.1. The Morgan fingerprint density at radius 3 is 2.81 bits per heavy atom. The van der Waals surface area contributed by atoms with E-state index in [1.165, 1.54) is 32.1 Å². The van der Waals surface area contributed by atoms with Crippen LogP contribution in [0.25, 0.3) is 0 Å². The molecule has 1 N–H and O–H groups in total. The quantitative estimate of drug-likeness (QED) is 0.450. The first-order chi connectivity index (χ1) is 7.81. The highest BCUT2D eigenvalue weighted by atomic mass is 16.5. The fourth-order valence-electron chi connectivity index (χ4n) is 2.64. The topological polar surface area (TPSA) is 48.2 Å². The van der Waals surface area contributed by atoms with Gasteiger partial charge in [0.15, 0.2) is 0 Å². The Bertz CT molecular complexity index is 269. The van der Waals surface area contributed by atoms with Gasteiger partial charge in [-0.3, -0.25) is 0 Å². The van der Waals surface area contributed by atoms with Gasteiger partial charge in [-0.15, -0.1) is 0 Å². The largest absolute Gasteiger partial charge is 0.463 e. The van der Waals surface area contributed by atoms with Crippen LogP contribution < -0.4 is 5.32 Å². The van der Waals surface area contributed by atoms with Gasteiger partial charge < -0.3 is 10.1 Å². The maximum atomic E-state index is 11.1. The third kappa shape index (κ3) is 3.08. The van der Waals surface area contributed by atoms with Crippen molar-refractivity contribution in [3.05, 3.63) is 12.2 Å². The third-order valence-electron chi connectivity index (χ3n) is 3.55. The van der Waals surface area contributed by atoms with Crippen molar-refractivity contribution in [2.24, 2.45) is 5.92 Å². The van der Waals surface area contributed by atoms with Crippen LogP contribution in [0.15, 0.2) is 12.2 Å². The molecule has 1 heterocycles. The highest BCUT2D eigenvalue weighted by Crippen LogP contribution is 2.33. The molecule has 0 aromatic rings. The van der Waals surface area contributed by atoms with Gasteiger partial charge in [0.25, 0.3) is 0 Å². The Labute approximate surface area is 97.2 Å². The van der Waals surface area contributed by atoms with Gasteiger partial charge >= 0.3 is 5.97 Å². The van der Waals surface area contributed by atoms with Crippen molar-refractivity contribution >= 4 is 5.97 Å². The van der Waals surface area contributed by atoms with Gasteiger partial charge in [0.1, 0.15) is 0 Å². The molecule has 3 heteroatoms. The maximum Gasteiger partial charge on any atom is 0.330 e. The van der Waals surface area contributed by atoms with Gasteiger partial charge in [-0.05, 0) is 25.7 Å². The van der Waals surface area contributed by atoms with Crippen LogP contribution in [-0.2, 0) is 9.53 Å². The number of nitrogens with one attached hydrogen (secondary N) is 1. The molecule has 2 fully saturated rings. The van der Waals surface area contributed by atoms with Crippen LogP contribution in [-0.4, -0.2) is 24.7 Å². The van der Waals surface area contributed by atoms with E-state index in [0.29, 0.717) is 18.7 Å². The number of esters is 1. The zero-order chi connectivity index (χ0) is 11.4. The molecule has 0 bridgehead atoms. The Morgan fingerprint density at radius 2 is 2.12 bits per heavy atom. The predicted molar refractivity (Wildman–Crippen MR) is 63.1 cm³/mol. The molecule has 90 valence electrons.